The minimum atomic E-state index is -0.0609. The summed E-state index contributed by atoms with van der Waals surface area (Å²) in [6, 6.07) is 1.61. The van der Waals surface area contributed by atoms with Gasteiger partial charge in [-0.1, -0.05) is 0 Å². The fraction of sp³-hybridized carbons (Fsp3) is 0.545. The number of hydrogen-bond donors (Lipinski definition) is 0. The highest BCUT2D eigenvalue weighted by molar-refractivity contribution is 6.32. The maximum Gasteiger partial charge on any atom is 0.258 e. The van der Waals surface area contributed by atoms with E-state index in [2.05, 4.69) is 4.90 Å². The molecule has 1 aliphatic rings. The van der Waals surface area contributed by atoms with E-state index in [9.17, 15) is 4.79 Å². The number of hydrogen-bond acceptors (Lipinski definition) is 3. The molecule has 4 nitrogen and oxygen atoms in total. The highest BCUT2D eigenvalue weighted by Crippen LogP contribution is 2.19. The van der Waals surface area contributed by atoms with Crippen LogP contribution in [0.5, 0.6) is 0 Å². The van der Waals surface area contributed by atoms with Crippen LogP contribution in [0, 0.1) is 0 Å². The van der Waals surface area contributed by atoms with Crippen molar-refractivity contribution in [3.8, 4) is 0 Å². The second-order valence-electron chi connectivity index (χ2n) is 3.93. The summed E-state index contributed by atoms with van der Waals surface area (Å²) in [5.41, 5.74) is 0.442. The number of carbonyl (C=O) groups excluding carboxylic acids is 1. The van der Waals surface area contributed by atoms with Crippen LogP contribution in [0.1, 0.15) is 10.4 Å². The van der Waals surface area contributed by atoms with E-state index in [0.717, 1.165) is 19.6 Å². The van der Waals surface area contributed by atoms with Gasteiger partial charge in [-0.3, -0.25) is 9.69 Å². The Morgan fingerprint density at radius 1 is 1.35 bits per heavy atom. The summed E-state index contributed by atoms with van der Waals surface area (Å²) in [7, 11) is 0. The number of piperazine rings is 1. The summed E-state index contributed by atoms with van der Waals surface area (Å²) in [6.45, 7) is 3.99. The van der Waals surface area contributed by atoms with Gasteiger partial charge in [0.2, 0.25) is 5.22 Å². The predicted octanol–water partition coefficient (Wildman–Crippen LogP) is 1.93. The molecule has 0 saturated carbocycles. The number of rotatable bonds is 3. The van der Waals surface area contributed by atoms with Crippen molar-refractivity contribution in [2.24, 2.45) is 0 Å². The lowest BCUT2D eigenvalue weighted by molar-refractivity contribution is 0.0644. The lowest BCUT2D eigenvalue weighted by Gasteiger charge is -2.34. The van der Waals surface area contributed by atoms with Crippen LogP contribution in [0.4, 0.5) is 0 Å². The van der Waals surface area contributed by atoms with Crippen molar-refractivity contribution in [2.75, 3.05) is 38.6 Å². The Kier molecular flexibility index (Phi) is 4.31. The Morgan fingerprint density at radius 2 is 2.06 bits per heavy atom. The number of nitrogens with zero attached hydrogens (tertiary/aromatic N) is 2. The van der Waals surface area contributed by atoms with Gasteiger partial charge in [0.15, 0.2) is 0 Å². The molecule has 1 saturated heterocycles. The van der Waals surface area contributed by atoms with E-state index >= 15 is 0 Å². The van der Waals surface area contributed by atoms with E-state index in [1.165, 1.54) is 6.26 Å². The SMILES string of the molecule is O=C(c1ccoc1Cl)N1CCN(CCCl)CC1. The van der Waals surface area contributed by atoms with Crippen molar-refractivity contribution in [3.63, 3.8) is 0 Å². The lowest BCUT2D eigenvalue weighted by atomic mass is 10.2. The third kappa shape index (κ3) is 2.94. The zero-order chi connectivity index (χ0) is 12.3. The molecule has 94 valence electrons. The first-order chi connectivity index (χ1) is 8.22. The minimum absolute atomic E-state index is 0.0609. The van der Waals surface area contributed by atoms with E-state index in [-0.39, 0.29) is 11.1 Å². The normalized spacial score (nSPS) is 17.4. The zero-order valence-corrected chi connectivity index (χ0v) is 10.9. The third-order valence-electron chi connectivity index (χ3n) is 2.91. The maximum atomic E-state index is 12.1. The quantitative estimate of drug-likeness (QED) is 0.792. The largest absolute Gasteiger partial charge is 0.452 e. The van der Waals surface area contributed by atoms with Crippen molar-refractivity contribution in [1.82, 2.24) is 9.80 Å². The second-order valence-corrected chi connectivity index (χ2v) is 4.65. The van der Waals surface area contributed by atoms with Gasteiger partial charge in [0.25, 0.3) is 5.91 Å². The Hall–Kier alpha value is -0.710. The van der Waals surface area contributed by atoms with Crippen molar-refractivity contribution in [3.05, 3.63) is 23.1 Å². The van der Waals surface area contributed by atoms with E-state index < -0.39 is 0 Å². The molecule has 0 bridgehead atoms. The molecule has 0 atom stereocenters. The van der Waals surface area contributed by atoms with E-state index in [4.69, 9.17) is 27.6 Å². The van der Waals surface area contributed by atoms with E-state index in [0.29, 0.717) is 24.5 Å². The van der Waals surface area contributed by atoms with Gasteiger partial charge >= 0.3 is 0 Å². The first kappa shape index (κ1) is 12.7. The second kappa shape index (κ2) is 5.76. The highest BCUT2D eigenvalue weighted by Gasteiger charge is 2.24. The molecule has 6 heteroatoms. The maximum absolute atomic E-state index is 12.1. The van der Waals surface area contributed by atoms with Crippen LogP contribution in [-0.2, 0) is 0 Å². The van der Waals surface area contributed by atoms with Crippen LogP contribution < -0.4 is 0 Å². The molecule has 17 heavy (non-hydrogen) atoms. The average Bonchev–Trinajstić information content (AvgIpc) is 2.76. The Bertz CT molecular complexity index is 387. The van der Waals surface area contributed by atoms with Crippen LogP contribution in [0.15, 0.2) is 16.7 Å². The summed E-state index contributed by atoms with van der Waals surface area (Å²) in [4.78, 5) is 16.1. The summed E-state index contributed by atoms with van der Waals surface area (Å²) >= 11 is 11.5. The number of alkyl halides is 1. The minimum Gasteiger partial charge on any atom is -0.452 e. The molecule has 1 aromatic rings. The molecular formula is C11H14Cl2N2O2. The first-order valence-electron chi connectivity index (χ1n) is 5.53. The van der Waals surface area contributed by atoms with Gasteiger partial charge in [-0.25, -0.2) is 0 Å². The van der Waals surface area contributed by atoms with Gasteiger partial charge in [-0.15, -0.1) is 11.6 Å². The Balaban J connectivity index is 1.93. The first-order valence-corrected chi connectivity index (χ1v) is 6.44. The van der Waals surface area contributed by atoms with Crippen LogP contribution in [-0.4, -0.2) is 54.3 Å². The molecule has 1 fully saturated rings. The lowest BCUT2D eigenvalue weighted by Crippen LogP contribution is -2.49. The van der Waals surface area contributed by atoms with Crippen molar-refractivity contribution < 1.29 is 9.21 Å². The molecule has 0 N–H and O–H groups in total. The standard InChI is InChI=1S/C11H14Cl2N2O2/c12-2-3-14-4-6-15(7-5-14)11(16)9-1-8-17-10(9)13/h1,8H,2-7H2. The summed E-state index contributed by atoms with van der Waals surface area (Å²) in [5.74, 6) is 0.566. The van der Waals surface area contributed by atoms with Crippen molar-refractivity contribution in [1.29, 1.82) is 0 Å². The number of furan rings is 1. The van der Waals surface area contributed by atoms with Gasteiger partial charge in [0, 0.05) is 38.6 Å². The monoisotopic (exact) mass is 276 g/mol. The average molecular weight is 277 g/mol. The van der Waals surface area contributed by atoms with Crippen LogP contribution >= 0.6 is 23.2 Å². The van der Waals surface area contributed by atoms with Crippen molar-refractivity contribution in [2.45, 2.75) is 0 Å². The van der Waals surface area contributed by atoms with Gasteiger partial charge < -0.3 is 9.32 Å². The Morgan fingerprint density at radius 3 is 2.59 bits per heavy atom. The molecule has 0 unspecified atom stereocenters. The van der Waals surface area contributed by atoms with E-state index in [1.54, 1.807) is 11.0 Å². The molecule has 2 heterocycles. The molecule has 1 amide bonds. The predicted molar refractivity (Wildman–Crippen MR) is 66.8 cm³/mol. The van der Waals surface area contributed by atoms with Gasteiger partial charge in [-0.2, -0.15) is 0 Å². The van der Waals surface area contributed by atoms with Gasteiger partial charge in [-0.05, 0) is 17.7 Å². The van der Waals surface area contributed by atoms with Gasteiger partial charge in [0.05, 0.1) is 11.8 Å². The molecule has 1 aliphatic heterocycles. The molecule has 1 aromatic heterocycles. The smallest absolute Gasteiger partial charge is 0.258 e. The van der Waals surface area contributed by atoms with Gasteiger partial charge in [0.1, 0.15) is 0 Å². The van der Waals surface area contributed by atoms with Crippen molar-refractivity contribution >= 4 is 29.1 Å². The summed E-state index contributed by atoms with van der Waals surface area (Å²) < 4.78 is 4.93. The summed E-state index contributed by atoms with van der Waals surface area (Å²) in [5, 5.41) is 0.165. The Labute approximate surface area is 110 Å². The zero-order valence-electron chi connectivity index (χ0n) is 9.36. The molecular weight excluding hydrogens is 263 g/mol. The highest BCUT2D eigenvalue weighted by atomic mass is 35.5. The molecule has 2 rings (SSSR count). The fourth-order valence-electron chi connectivity index (χ4n) is 1.91. The van der Waals surface area contributed by atoms with E-state index in [1.807, 2.05) is 0 Å². The number of amides is 1. The molecule has 0 aromatic carbocycles. The van der Waals surface area contributed by atoms with Crippen LogP contribution in [0.3, 0.4) is 0 Å². The number of carbonyl (C=O) groups is 1. The topological polar surface area (TPSA) is 36.7 Å². The van der Waals surface area contributed by atoms with Crippen LogP contribution in [0.2, 0.25) is 5.22 Å². The molecule has 0 spiro atoms. The fourth-order valence-corrected chi connectivity index (χ4v) is 2.34. The summed E-state index contributed by atoms with van der Waals surface area (Å²) in [6.07, 6.45) is 1.43. The third-order valence-corrected chi connectivity index (χ3v) is 3.37. The molecule has 0 aliphatic carbocycles. The number of halogens is 2. The molecule has 0 radical (unpaired) electrons. The van der Waals surface area contributed by atoms with Crippen LogP contribution in [0.25, 0.3) is 0 Å².